The molecule has 6 heteroatoms. The molecule has 0 saturated heterocycles. The van der Waals surface area contributed by atoms with E-state index in [1.807, 2.05) is 0 Å². The predicted octanol–water partition coefficient (Wildman–Crippen LogP) is 0.499. The monoisotopic (exact) mass is 250 g/mol. The van der Waals surface area contributed by atoms with Crippen molar-refractivity contribution in [2.75, 3.05) is 5.75 Å². The quantitative estimate of drug-likeness (QED) is 0.616. The average molecular weight is 250 g/mol. The molecule has 16 heavy (non-hydrogen) atoms. The second-order valence-corrected chi connectivity index (χ2v) is 6.31. The lowest BCUT2D eigenvalue weighted by Gasteiger charge is -2.27. The third-order valence-corrected chi connectivity index (χ3v) is 4.09. The maximum atomic E-state index is 10.7. The van der Waals surface area contributed by atoms with Gasteiger partial charge in [0, 0.05) is 12.1 Å². The first-order valence-corrected chi connectivity index (χ1v) is 7.45. The van der Waals surface area contributed by atoms with E-state index in [0.717, 1.165) is 19.3 Å². The van der Waals surface area contributed by atoms with Gasteiger partial charge >= 0.3 is 0 Å². The van der Waals surface area contributed by atoms with Gasteiger partial charge in [0.1, 0.15) is 0 Å². The van der Waals surface area contributed by atoms with Crippen LogP contribution in [0.15, 0.2) is 0 Å². The number of hydrogen-bond donors (Lipinski definition) is 3. The molecular formula is C10H22N2O3S. The van der Waals surface area contributed by atoms with Crippen molar-refractivity contribution >= 4 is 10.1 Å². The van der Waals surface area contributed by atoms with E-state index < -0.39 is 21.9 Å². The molecule has 96 valence electrons. The van der Waals surface area contributed by atoms with Crippen LogP contribution in [0.5, 0.6) is 0 Å². The third-order valence-electron chi connectivity index (χ3n) is 3.28. The lowest BCUT2D eigenvalue weighted by atomic mass is 9.84. The van der Waals surface area contributed by atoms with Crippen LogP contribution in [0.3, 0.4) is 0 Å². The van der Waals surface area contributed by atoms with Gasteiger partial charge in [-0.2, -0.15) is 8.42 Å². The minimum absolute atomic E-state index is 0.343. The van der Waals surface area contributed by atoms with Gasteiger partial charge in [0.2, 0.25) is 0 Å². The lowest BCUT2D eigenvalue weighted by molar-refractivity contribution is 0.305. The molecule has 1 aliphatic rings. The summed E-state index contributed by atoms with van der Waals surface area (Å²) in [6.07, 6.45) is 6.81. The van der Waals surface area contributed by atoms with Gasteiger partial charge in [0.25, 0.3) is 10.1 Å². The van der Waals surface area contributed by atoms with E-state index in [-0.39, 0.29) is 6.04 Å². The Bertz CT molecular complexity index is 299. The minimum Gasteiger partial charge on any atom is -0.326 e. The topological polar surface area (TPSA) is 106 Å². The van der Waals surface area contributed by atoms with Crippen molar-refractivity contribution in [1.82, 2.24) is 0 Å². The van der Waals surface area contributed by atoms with Crippen LogP contribution in [0.25, 0.3) is 0 Å². The van der Waals surface area contributed by atoms with E-state index in [2.05, 4.69) is 0 Å². The molecule has 2 atom stereocenters. The summed E-state index contributed by atoms with van der Waals surface area (Å²) in [5.41, 5.74) is 11.5. The van der Waals surface area contributed by atoms with Gasteiger partial charge in [0.15, 0.2) is 0 Å². The second-order valence-electron chi connectivity index (χ2n) is 4.82. The summed E-state index contributed by atoms with van der Waals surface area (Å²) < 4.78 is 30.0. The summed E-state index contributed by atoms with van der Waals surface area (Å²) in [5.74, 6) is 0.122. The number of nitrogens with two attached hydrogens (primary N) is 2. The highest BCUT2D eigenvalue weighted by Crippen LogP contribution is 2.27. The van der Waals surface area contributed by atoms with Gasteiger partial charge < -0.3 is 11.5 Å². The highest BCUT2D eigenvalue weighted by Gasteiger charge is 2.23. The molecular weight excluding hydrogens is 228 g/mol. The summed E-state index contributed by atoms with van der Waals surface area (Å²) in [6.45, 7) is 0. The fraction of sp³-hybridized carbons (Fsp3) is 1.00. The van der Waals surface area contributed by atoms with Crippen LogP contribution in [0.4, 0.5) is 0 Å². The molecule has 0 heterocycles. The van der Waals surface area contributed by atoms with E-state index in [9.17, 15) is 8.42 Å². The van der Waals surface area contributed by atoms with Crippen LogP contribution in [0, 0.1) is 5.92 Å². The van der Waals surface area contributed by atoms with E-state index in [0.29, 0.717) is 5.92 Å². The van der Waals surface area contributed by atoms with E-state index in [4.69, 9.17) is 16.0 Å². The standard InChI is InChI=1S/C10H22N2O3S/c11-9(10(12)7-16(13,14)15)6-8-4-2-1-3-5-8/h8-10H,1-7,11-12H2,(H,13,14,15)/t9-,10-/m0/s1. The zero-order chi connectivity index (χ0) is 12.2. The molecule has 0 spiro atoms. The van der Waals surface area contributed by atoms with Crippen molar-refractivity contribution in [3.8, 4) is 0 Å². The molecule has 0 unspecified atom stereocenters. The Morgan fingerprint density at radius 3 is 2.19 bits per heavy atom. The molecule has 0 aromatic rings. The highest BCUT2D eigenvalue weighted by molar-refractivity contribution is 7.85. The maximum Gasteiger partial charge on any atom is 0.266 e. The third kappa shape index (κ3) is 5.25. The van der Waals surface area contributed by atoms with Crippen molar-refractivity contribution in [3.63, 3.8) is 0 Å². The van der Waals surface area contributed by atoms with Crippen LogP contribution in [-0.2, 0) is 10.1 Å². The molecule has 5 nitrogen and oxygen atoms in total. The molecule has 0 aromatic heterocycles. The second kappa shape index (κ2) is 5.95. The Balaban J connectivity index is 2.35. The molecule has 0 amide bonds. The normalized spacial score (nSPS) is 22.9. The molecule has 0 bridgehead atoms. The maximum absolute atomic E-state index is 10.7. The van der Waals surface area contributed by atoms with Crippen molar-refractivity contribution in [2.45, 2.75) is 50.6 Å². The lowest BCUT2D eigenvalue weighted by Crippen LogP contribution is -2.46. The summed E-state index contributed by atoms with van der Waals surface area (Å²) in [7, 11) is -4.01. The Morgan fingerprint density at radius 1 is 1.12 bits per heavy atom. The van der Waals surface area contributed by atoms with E-state index in [1.54, 1.807) is 0 Å². The smallest absolute Gasteiger partial charge is 0.266 e. The summed E-state index contributed by atoms with van der Waals surface area (Å²) in [5, 5.41) is 0. The molecule has 1 rings (SSSR count). The predicted molar refractivity (Wildman–Crippen MR) is 63.6 cm³/mol. The minimum atomic E-state index is -4.01. The molecule has 1 fully saturated rings. The van der Waals surface area contributed by atoms with Gasteiger partial charge in [-0.1, -0.05) is 32.1 Å². The molecule has 0 aliphatic heterocycles. The zero-order valence-electron chi connectivity index (χ0n) is 9.51. The van der Waals surface area contributed by atoms with Crippen LogP contribution in [-0.4, -0.2) is 30.8 Å². The van der Waals surface area contributed by atoms with Crippen molar-refractivity contribution in [3.05, 3.63) is 0 Å². The zero-order valence-corrected chi connectivity index (χ0v) is 10.3. The molecule has 1 aliphatic carbocycles. The molecule has 5 N–H and O–H groups in total. The number of rotatable bonds is 5. The first-order chi connectivity index (χ1) is 7.38. The number of hydrogen-bond acceptors (Lipinski definition) is 4. The van der Waals surface area contributed by atoms with Crippen LogP contribution in [0.1, 0.15) is 38.5 Å². The van der Waals surface area contributed by atoms with Gasteiger partial charge in [0.05, 0.1) is 5.75 Å². The Labute approximate surface area is 97.3 Å². The summed E-state index contributed by atoms with van der Waals surface area (Å²) >= 11 is 0. The summed E-state index contributed by atoms with van der Waals surface area (Å²) in [4.78, 5) is 0. The molecule has 1 saturated carbocycles. The summed E-state index contributed by atoms with van der Waals surface area (Å²) in [6, 6.07) is -1.01. The van der Waals surface area contributed by atoms with Gasteiger partial charge in [-0.15, -0.1) is 0 Å². The fourth-order valence-electron chi connectivity index (χ4n) is 2.35. The molecule has 0 aromatic carbocycles. The average Bonchev–Trinajstić information content (AvgIpc) is 2.16. The van der Waals surface area contributed by atoms with Crippen molar-refractivity contribution in [1.29, 1.82) is 0 Å². The van der Waals surface area contributed by atoms with Gasteiger partial charge in [-0.25, -0.2) is 0 Å². The highest BCUT2D eigenvalue weighted by atomic mass is 32.2. The van der Waals surface area contributed by atoms with Gasteiger partial charge in [-0.05, 0) is 12.3 Å². The SMILES string of the molecule is N[C@@H](CC1CCCCC1)[C@@H](N)CS(=O)(=O)O. The fourth-order valence-corrected chi connectivity index (χ4v) is 3.08. The Kier molecular flexibility index (Phi) is 5.17. The first-order valence-electron chi connectivity index (χ1n) is 5.85. The van der Waals surface area contributed by atoms with Crippen molar-refractivity contribution in [2.24, 2.45) is 17.4 Å². The first kappa shape index (κ1) is 13.9. The molecule has 0 radical (unpaired) electrons. The van der Waals surface area contributed by atoms with Gasteiger partial charge in [-0.3, -0.25) is 4.55 Å². The van der Waals surface area contributed by atoms with E-state index in [1.165, 1.54) is 19.3 Å². The van der Waals surface area contributed by atoms with E-state index >= 15 is 0 Å². The largest absolute Gasteiger partial charge is 0.326 e. The van der Waals surface area contributed by atoms with Crippen LogP contribution in [0.2, 0.25) is 0 Å². The van der Waals surface area contributed by atoms with Crippen molar-refractivity contribution < 1.29 is 13.0 Å². The Morgan fingerprint density at radius 2 is 1.69 bits per heavy atom. The van der Waals surface area contributed by atoms with Crippen LogP contribution < -0.4 is 11.5 Å². The van der Waals surface area contributed by atoms with Crippen LogP contribution >= 0.6 is 0 Å². The Hall–Kier alpha value is -0.170.